The fourth-order valence-corrected chi connectivity index (χ4v) is 3.52. The molecular formula is C26H27N3O4. The van der Waals surface area contributed by atoms with Crippen LogP contribution in [-0.4, -0.2) is 49.6 Å². The number of furan rings is 1. The predicted octanol–water partition coefficient (Wildman–Crippen LogP) is 3.56. The smallest absolute Gasteiger partial charge is 0.272 e. The largest absolute Gasteiger partial charge is 0.465 e. The Morgan fingerprint density at radius 1 is 0.939 bits per heavy atom. The van der Waals surface area contributed by atoms with Gasteiger partial charge < -0.3 is 19.8 Å². The summed E-state index contributed by atoms with van der Waals surface area (Å²) < 4.78 is 10.7. The van der Waals surface area contributed by atoms with Gasteiger partial charge in [0.2, 0.25) is 0 Å². The first-order chi connectivity index (χ1) is 16.2. The first kappa shape index (κ1) is 22.5. The summed E-state index contributed by atoms with van der Waals surface area (Å²) in [7, 11) is 0. The van der Waals surface area contributed by atoms with E-state index in [0.717, 1.165) is 39.3 Å². The summed E-state index contributed by atoms with van der Waals surface area (Å²) >= 11 is 0. The number of nitrogens with zero attached hydrogens (tertiary/aromatic N) is 1. The summed E-state index contributed by atoms with van der Waals surface area (Å²) in [6.45, 7) is 4.50. The Balaban J connectivity index is 1.40. The Morgan fingerprint density at radius 3 is 2.39 bits per heavy atom. The van der Waals surface area contributed by atoms with Crippen molar-refractivity contribution >= 4 is 23.6 Å². The minimum absolute atomic E-state index is 0.0928. The van der Waals surface area contributed by atoms with Gasteiger partial charge >= 0.3 is 0 Å². The predicted molar refractivity (Wildman–Crippen MR) is 127 cm³/mol. The highest BCUT2D eigenvalue weighted by Crippen LogP contribution is 2.14. The van der Waals surface area contributed by atoms with Crippen LogP contribution in [0.25, 0.3) is 6.08 Å². The minimum atomic E-state index is -0.434. The lowest BCUT2D eigenvalue weighted by molar-refractivity contribution is -0.113. The van der Waals surface area contributed by atoms with Crippen molar-refractivity contribution in [3.63, 3.8) is 0 Å². The van der Waals surface area contributed by atoms with Gasteiger partial charge in [0.1, 0.15) is 11.5 Å². The Morgan fingerprint density at radius 2 is 1.70 bits per heavy atom. The highest BCUT2D eigenvalue weighted by atomic mass is 16.5. The Labute approximate surface area is 193 Å². The molecule has 2 aromatic carbocycles. The maximum absolute atomic E-state index is 13.0. The summed E-state index contributed by atoms with van der Waals surface area (Å²) in [6.07, 6.45) is 3.95. The van der Waals surface area contributed by atoms with Gasteiger partial charge in [0.05, 0.1) is 19.5 Å². The van der Waals surface area contributed by atoms with E-state index in [4.69, 9.17) is 9.15 Å². The number of nitrogens with one attached hydrogen (secondary N) is 2. The van der Waals surface area contributed by atoms with Crippen molar-refractivity contribution in [3.8, 4) is 0 Å². The summed E-state index contributed by atoms with van der Waals surface area (Å²) in [5.74, 6) is -0.342. The normalized spacial score (nSPS) is 14.6. The van der Waals surface area contributed by atoms with Gasteiger partial charge in [0.15, 0.2) is 0 Å². The summed E-state index contributed by atoms with van der Waals surface area (Å²) in [5, 5.41) is 5.55. The third-order valence-electron chi connectivity index (χ3n) is 5.39. The third kappa shape index (κ3) is 6.65. The van der Waals surface area contributed by atoms with Crippen molar-refractivity contribution in [1.82, 2.24) is 10.2 Å². The van der Waals surface area contributed by atoms with E-state index in [9.17, 15) is 9.59 Å². The van der Waals surface area contributed by atoms with E-state index in [1.165, 1.54) is 17.9 Å². The van der Waals surface area contributed by atoms with Crippen LogP contribution in [-0.2, 0) is 16.0 Å². The molecule has 1 aromatic heterocycles. The van der Waals surface area contributed by atoms with Crippen LogP contribution in [0.2, 0.25) is 0 Å². The van der Waals surface area contributed by atoms with Gasteiger partial charge in [0.25, 0.3) is 11.8 Å². The zero-order chi connectivity index (χ0) is 22.9. The van der Waals surface area contributed by atoms with Gasteiger partial charge in [-0.15, -0.1) is 0 Å². The number of hydrogen-bond acceptors (Lipinski definition) is 5. The molecule has 2 N–H and O–H groups in total. The zero-order valence-electron chi connectivity index (χ0n) is 18.3. The quantitative estimate of drug-likeness (QED) is 0.518. The molecule has 33 heavy (non-hydrogen) atoms. The molecule has 4 rings (SSSR count). The molecule has 0 aliphatic carbocycles. The van der Waals surface area contributed by atoms with Crippen LogP contribution < -0.4 is 10.6 Å². The molecule has 0 spiro atoms. The van der Waals surface area contributed by atoms with Gasteiger partial charge in [-0.3, -0.25) is 14.5 Å². The second-order valence-corrected chi connectivity index (χ2v) is 7.75. The first-order valence-corrected chi connectivity index (χ1v) is 11.0. The molecule has 0 atom stereocenters. The number of ether oxygens (including phenoxy) is 1. The van der Waals surface area contributed by atoms with E-state index in [-0.39, 0.29) is 11.6 Å². The topological polar surface area (TPSA) is 83.8 Å². The molecule has 1 fully saturated rings. The average Bonchev–Trinajstić information content (AvgIpc) is 3.37. The van der Waals surface area contributed by atoms with E-state index >= 15 is 0 Å². The van der Waals surface area contributed by atoms with Crippen molar-refractivity contribution in [2.45, 2.75) is 6.42 Å². The lowest BCUT2D eigenvalue weighted by Crippen LogP contribution is -2.37. The lowest BCUT2D eigenvalue weighted by Gasteiger charge is -2.26. The van der Waals surface area contributed by atoms with E-state index < -0.39 is 5.91 Å². The molecule has 7 nitrogen and oxygen atoms in total. The van der Waals surface area contributed by atoms with Crippen molar-refractivity contribution in [2.75, 3.05) is 38.2 Å². The van der Waals surface area contributed by atoms with Crippen LogP contribution in [0.3, 0.4) is 0 Å². The molecular weight excluding hydrogens is 418 g/mol. The maximum atomic E-state index is 13.0. The zero-order valence-corrected chi connectivity index (χ0v) is 18.3. The Bertz CT molecular complexity index is 1070. The van der Waals surface area contributed by atoms with E-state index in [2.05, 4.69) is 15.5 Å². The standard InChI is InChI=1S/C26H27N3O4/c30-25(21-5-2-1-3-6-21)28-24(19-23-7-4-16-33-23)26(31)27-22-10-8-20(9-11-22)12-13-29-14-17-32-18-15-29/h1-11,16,19H,12-15,17-18H2,(H,27,31)(H,28,30). The molecule has 1 saturated heterocycles. The minimum Gasteiger partial charge on any atom is -0.465 e. The van der Waals surface area contributed by atoms with Crippen molar-refractivity contribution < 1.29 is 18.7 Å². The van der Waals surface area contributed by atoms with Crippen LogP contribution >= 0.6 is 0 Å². The highest BCUT2D eigenvalue weighted by Gasteiger charge is 2.16. The number of benzene rings is 2. The number of amides is 2. The first-order valence-electron chi connectivity index (χ1n) is 11.0. The number of morpholine rings is 1. The van der Waals surface area contributed by atoms with E-state index in [1.807, 2.05) is 30.3 Å². The molecule has 0 unspecified atom stereocenters. The number of carbonyl (C=O) groups is 2. The molecule has 0 bridgehead atoms. The maximum Gasteiger partial charge on any atom is 0.272 e. The monoisotopic (exact) mass is 445 g/mol. The number of hydrogen-bond donors (Lipinski definition) is 2. The number of carbonyl (C=O) groups excluding carboxylic acids is 2. The summed E-state index contributed by atoms with van der Waals surface area (Å²) in [4.78, 5) is 28.0. The summed E-state index contributed by atoms with van der Waals surface area (Å²) in [6, 6.07) is 19.9. The van der Waals surface area contributed by atoms with Crippen LogP contribution in [0.4, 0.5) is 5.69 Å². The average molecular weight is 446 g/mol. The van der Waals surface area contributed by atoms with Crippen LogP contribution in [0.5, 0.6) is 0 Å². The lowest BCUT2D eigenvalue weighted by atomic mass is 10.1. The van der Waals surface area contributed by atoms with Crippen molar-refractivity contribution in [2.24, 2.45) is 0 Å². The summed E-state index contributed by atoms with van der Waals surface area (Å²) in [5.41, 5.74) is 2.40. The fourth-order valence-electron chi connectivity index (χ4n) is 3.52. The number of rotatable bonds is 8. The van der Waals surface area contributed by atoms with Gasteiger partial charge in [-0.1, -0.05) is 30.3 Å². The molecule has 170 valence electrons. The molecule has 1 aliphatic heterocycles. The van der Waals surface area contributed by atoms with Crippen LogP contribution in [0.15, 0.2) is 83.1 Å². The van der Waals surface area contributed by atoms with Crippen molar-refractivity contribution in [3.05, 3.63) is 95.6 Å². The van der Waals surface area contributed by atoms with Gasteiger partial charge in [0, 0.05) is 37.0 Å². The van der Waals surface area contributed by atoms with Gasteiger partial charge in [-0.2, -0.15) is 0 Å². The SMILES string of the molecule is O=C(Nc1ccc(CCN2CCOCC2)cc1)C(=Cc1ccco1)NC(=O)c1ccccc1. The molecule has 3 aromatic rings. The van der Waals surface area contributed by atoms with Crippen LogP contribution in [0, 0.1) is 0 Å². The number of anilines is 1. The molecule has 2 amide bonds. The Kier molecular flexibility index (Phi) is 7.68. The molecule has 1 aliphatic rings. The molecule has 7 heteroatoms. The Hall–Kier alpha value is -3.68. The second-order valence-electron chi connectivity index (χ2n) is 7.75. The van der Waals surface area contributed by atoms with E-state index in [1.54, 1.807) is 36.4 Å². The van der Waals surface area contributed by atoms with Crippen LogP contribution in [0.1, 0.15) is 21.7 Å². The van der Waals surface area contributed by atoms with Gasteiger partial charge in [-0.25, -0.2) is 0 Å². The third-order valence-corrected chi connectivity index (χ3v) is 5.39. The molecule has 0 radical (unpaired) electrons. The molecule has 2 heterocycles. The second kappa shape index (κ2) is 11.3. The van der Waals surface area contributed by atoms with Crippen molar-refractivity contribution in [1.29, 1.82) is 0 Å². The highest BCUT2D eigenvalue weighted by molar-refractivity contribution is 6.10. The fraction of sp³-hybridized carbons (Fsp3) is 0.231. The van der Waals surface area contributed by atoms with E-state index in [0.29, 0.717) is 17.0 Å². The molecule has 0 saturated carbocycles. The van der Waals surface area contributed by atoms with Gasteiger partial charge in [-0.05, 0) is 48.4 Å².